The van der Waals surface area contributed by atoms with Gasteiger partial charge in [-0.1, -0.05) is 32.0 Å². The van der Waals surface area contributed by atoms with Gasteiger partial charge in [0.2, 0.25) is 10.0 Å². The van der Waals surface area contributed by atoms with Crippen molar-refractivity contribution in [1.29, 1.82) is 0 Å². The van der Waals surface area contributed by atoms with E-state index in [-0.39, 0.29) is 6.04 Å². The summed E-state index contributed by atoms with van der Waals surface area (Å²) in [4.78, 5) is 2.62. The van der Waals surface area contributed by atoms with E-state index in [1.54, 1.807) is 4.31 Å². The summed E-state index contributed by atoms with van der Waals surface area (Å²) in [5.41, 5.74) is 4.38. The molecule has 0 spiro atoms. The van der Waals surface area contributed by atoms with Gasteiger partial charge in [0.25, 0.3) is 0 Å². The van der Waals surface area contributed by atoms with Crippen LogP contribution in [0.15, 0.2) is 18.2 Å². The number of nitrogens with zero attached hydrogens (tertiary/aromatic N) is 2. The zero-order valence-electron chi connectivity index (χ0n) is 16.3. The molecule has 3 aliphatic rings. The fourth-order valence-corrected chi connectivity index (χ4v) is 6.69. The normalized spacial score (nSPS) is 29.9. The Morgan fingerprint density at radius 2 is 2.04 bits per heavy atom. The second-order valence-corrected chi connectivity index (χ2v) is 10.9. The van der Waals surface area contributed by atoms with Crippen molar-refractivity contribution in [2.75, 3.05) is 25.9 Å². The average Bonchev–Trinajstić information content (AvgIpc) is 2.57. The van der Waals surface area contributed by atoms with E-state index in [2.05, 4.69) is 36.9 Å². The van der Waals surface area contributed by atoms with Crippen LogP contribution < -0.4 is 0 Å². The smallest absolute Gasteiger partial charge is 0.211 e. The highest BCUT2D eigenvalue weighted by Gasteiger charge is 2.44. The summed E-state index contributed by atoms with van der Waals surface area (Å²) in [6.07, 6.45) is 6.77. The Kier molecular flexibility index (Phi) is 4.91. The van der Waals surface area contributed by atoms with Crippen molar-refractivity contribution in [3.63, 3.8) is 0 Å². The van der Waals surface area contributed by atoms with Crippen molar-refractivity contribution in [2.45, 2.75) is 58.0 Å². The topological polar surface area (TPSA) is 40.6 Å². The van der Waals surface area contributed by atoms with Crippen LogP contribution in [-0.4, -0.2) is 49.6 Å². The molecule has 0 N–H and O–H groups in total. The molecule has 26 heavy (non-hydrogen) atoms. The highest BCUT2D eigenvalue weighted by atomic mass is 32.2. The Hall–Kier alpha value is -0.910. The van der Waals surface area contributed by atoms with Gasteiger partial charge in [-0.3, -0.25) is 4.90 Å². The molecule has 0 amide bonds. The molecular formula is C21H32N2O2S. The van der Waals surface area contributed by atoms with Crippen molar-refractivity contribution in [3.8, 4) is 0 Å². The molecule has 3 aliphatic heterocycles. The first-order valence-electron chi connectivity index (χ1n) is 10.2. The third-order valence-corrected chi connectivity index (χ3v) is 7.85. The van der Waals surface area contributed by atoms with Crippen molar-refractivity contribution in [2.24, 2.45) is 11.8 Å². The lowest BCUT2D eigenvalue weighted by molar-refractivity contribution is 0.0222. The van der Waals surface area contributed by atoms with Gasteiger partial charge >= 0.3 is 0 Å². The molecule has 3 atom stereocenters. The minimum absolute atomic E-state index is 0.182. The molecule has 0 saturated carbocycles. The molecule has 0 unspecified atom stereocenters. The van der Waals surface area contributed by atoms with Crippen LogP contribution in [0.2, 0.25) is 0 Å². The zero-order valence-corrected chi connectivity index (χ0v) is 17.1. The molecule has 0 aromatic heterocycles. The molecule has 0 radical (unpaired) electrons. The average molecular weight is 377 g/mol. The van der Waals surface area contributed by atoms with E-state index in [0.717, 1.165) is 38.8 Å². The standard InChI is InChI=1S/C21H32N2O2S/c1-15(2)11-16-6-7-19-17(12-16)8-10-22-14-18-5-4-9-23(26(3,24)25)20(18)13-21(19)22/h6-7,12,15,18,20-21H,4-5,8-11,13-14H2,1-3H3/t18-,20+,21-/m1/s1. The zero-order chi connectivity index (χ0) is 18.5. The first-order chi connectivity index (χ1) is 12.3. The van der Waals surface area contributed by atoms with Gasteiger partial charge in [0, 0.05) is 31.7 Å². The second kappa shape index (κ2) is 6.92. The van der Waals surface area contributed by atoms with Gasteiger partial charge in [-0.2, -0.15) is 4.31 Å². The summed E-state index contributed by atoms with van der Waals surface area (Å²) < 4.78 is 26.4. The summed E-state index contributed by atoms with van der Waals surface area (Å²) in [5, 5.41) is 0. The molecule has 1 aromatic carbocycles. The fraction of sp³-hybridized carbons (Fsp3) is 0.714. The van der Waals surface area contributed by atoms with Crippen molar-refractivity contribution in [1.82, 2.24) is 9.21 Å². The highest BCUT2D eigenvalue weighted by Crippen LogP contribution is 2.43. The molecule has 0 bridgehead atoms. The molecular weight excluding hydrogens is 344 g/mol. The van der Waals surface area contributed by atoms with Crippen LogP contribution in [0.25, 0.3) is 0 Å². The van der Waals surface area contributed by atoms with Gasteiger partial charge in [0.05, 0.1) is 6.26 Å². The molecule has 144 valence electrons. The SMILES string of the molecule is CC(C)Cc1ccc2c(c1)CCN1C[C@H]3CCCN(S(C)(=O)=O)[C@H]3C[C@H]21. The van der Waals surface area contributed by atoms with E-state index >= 15 is 0 Å². The quantitative estimate of drug-likeness (QED) is 0.813. The van der Waals surface area contributed by atoms with E-state index in [1.807, 2.05) is 0 Å². The maximum Gasteiger partial charge on any atom is 0.211 e. The van der Waals surface area contributed by atoms with Gasteiger partial charge in [-0.05, 0) is 60.6 Å². The lowest BCUT2D eigenvalue weighted by Crippen LogP contribution is -2.57. The van der Waals surface area contributed by atoms with E-state index in [4.69, 9.17) is 0 Å². The van der Waals surface area contributed by atoms with Crippen molar-refractivity contribution in [3.05, 3.63) is 34.9 Å². The third-order valence-electron chi connectivity index (χ3n) is 6.55. The monoisotopic (exact) mass is 376 g/mol. The molecule has 4 rings (SSSR count). The van der Waals surface area contributed by atoms with Gasteiger partial charge in [0.15, 0.2) is 0 Å². The van der Waals surface area contributed by atoms with E-state index in [0.29, 0.717) is 24.4 Å². The number of sulfonamides is 1. The van der Waals surface area contributed by atoms with Gasteiger partial charge < -0.3 is 0 Å². The van der Waals surface area contributed by atoms with Crippen LogP contribution in [0.4, 0.5) is 0 Å². The Morgan fingerprint density at radius 1 is 1.23 bits per heavy atom. The van der Waals surface area contributed by atoms with Crippen LogP contribution >= 0.6 is 0 Å². The Morgan fingerprint density at radius 3 is 2.77 bits per heavy atom. The first kappa shape index (κ1) is 18.5. The summed E-state index contributed by atoms with van der Waals surface area (Å²) in [7, 11) is -3.12. The van der Waals surface area contributed by atoms with Crippen LogP contribution in [0.5, 0.6) is 0 Å². The van der Waals surface area contributed by atoms with Crippen molar-refractivity contribution >= 4 is 10.0 Å². The summed E-state index contributed by atoms with van der Waals surface area (Å²) in [5.74, 6) is 1.17. The lowest BCUT2D eigenvalue weighted by atomic mass is 9.77. The number of hydrogen-bond donors (Lipinski definition) is 0. The number of rotatable bonds is 3. The maximum absolute atomic E-state index is 12.3. The molecule has 0 aliphatic carbocycles. The van der Waals surface area contributed by atoms with Gasteiger partial charge in [-0.15, -0.1) is 0 Å². The van der Waals surface area contributed by atoms with Crippen molar-refractivity contribution < 1.29 is 8.42 Å². The third kappa shape index (κ3) is 3.46. The van der Waals surface area contributed by atoms with Crippen LogP contribution in [0.1, 0.15) is 55.8 Å². The van der Waals surface area contributed by atoms with E-state index in [1.165, 1.54) is 29.4 Å². The number of piperidine rings is 2. The van der Waals surface area contributed by atoms with Gasteiger partial charge in [0.1, 0.15) is 0 Å². The van der Waals surface area contributed by atoms with E-state index < -0.39 is 10.0 Å². The minimum atomic E-state index is -3.12. The number of hydrogen-bond acceptors (Lipinski definition) is 3. The summed E-state index contributed by atoms with van der Waals surface area (Å²) in [6, 6.07) is 7.60. The van der Waals surface area contributed by atoms with Gasteiger partial charge in [-0.25, -0.2) is 8.42 Å². The molecule has 4 nitrogen and oxygen atoms in total. The molecule has 1 aromatic rings. The van der Waals surface area contributed by atoms with Crippen LogP contribution in [0, 0.1) is 11.8 Å². The Bertz CT molecular complexity index is 774. The predicted octanol–water partition coefficient (Wildman–Crippen LogP) is 3.23. The lowest BCUT2D eigenvalue weighted by Gasteiger charge is -2.51. The number of fused-ring (bicyclic) bond motifs is 4. The van der Waals surface area contributed by atoms with Crippen LogP contribution in [0.3, 0.4) is 0 Å². The molecule has 2 fully saturated rings. The predicted molar refractivity (Wildman–Crippen MR) is 106 cm³/mol. The Balaban J connectivity index is 1.62. The first-order valence-corrected chi connectivity index (χ1v) is 12.0. The Labute approximate surface area is 158 Å². The fourth-order valence-electron chi connectivity index (χ4n) is 5.48. The maximum atomic E-state index is 12.3. The molecule has 2 saturated heterocycles. The summed E-state index contributed by atoms with van der Waals surface area (Å²) >= 11 is 0. The highest BCUT2D eigenvalue weighted by molar-refractivity contribution is 7.88. The minimum Gasteiger partial charge on any atom is -0.296 e. The largest absolute Gasteiger partial charge is 0.296 e. The molecule has 5 heteroatoms. The van der Waals surface area contributed by atoms with Crippen LogP contribution in [-0.2, 0) is 22.9 Å². The molecule has 3 heterocycles. The summed E-state index contributed by atoms with van der Waals surface area (Å²) in [6.45, 7) is 7.41. The van der Waals surface area contributed by atoms with E-state index in [9.17, 15) is 8.42 Å². The number of benzene rings is 1. The second-order valence-electron chi connectivity index (χ2n) is 8.97.